The predicted octanol–water partition coefficient (Wildman–Crippen LogP) is 5.89. The second-order valence-electron chi connectivity index (χ2n) is 8.63. The molecule has 0 saturated carbocycles. The van der Waals surface area contributed by atoms with Crippen LogP contribution in [0.15, 0.2) is 48.5 Å². The van der Waals surface area contributed by atoms with Crippen molar-refractivity contribution in [3.05, 3.63) is 59.7 Å². The molecule has 1 aliphatic heterocycles. The van der Waals surface area contributed by atoms with Gasteiger partial charge in [-0.05, 0) is 68.0 Å². The predicted molar refractivity (Wildman–Crippen MR) is 122 cm³/mol. The maximum Gasteiger partial charge on any atom is 0.573 e. The number of urea groups is 1. The molecule has 0 unspecified atom stereocenters. The fourth-order valence-electron chi connectivity index (χ4n) is 4.64. The molecule has 1 heterocycles. The smallest absolute Gasteiger partial charge is 0.406 e. The average Bonchev–Trinajstić information content (AvgIpc) is 2.83. The van der Waals surface area contributed by atoms with Gasteiger partial charge >= 0.3 is 18.8 Å². The van der Waals surface area contributed by atoms with Crippen LogP contribution in [0.25, 0.3) is 0 Å². The van der Waals surface area contributed by atoms with Crippen LogP contribution in [0, 0.1) is 5.92 Å². The Kier molecular flexibility index (Phi) is 8.51. The zero-order valence-electron chi connectivity index (χ0n) is 20.3. The minimum absolute atomic E-state index is 0.130. The highest BCUT2D eigenvalue weighted by molar-refractivity contribution is 5.74. The number of ether oxygens (including phenoxy) is 2. The molecule has 0 atom stereocenters. The van der Waals surface area contributed by atoms with E-state index in [1.165, 1.54) is 24.3 Å². The third-order valence-corrected chi connectivity index (χ3v) is 6.45. The molecule has 2 amide bonds. The van der Waals surface area contributed by atoms with Gasteiger partial charge in [-0.2, -0.15) is 0 Å². The highest BCUT2D eigenvalue weighted by Crippen LogP contribution is 2.43. The van der Waals surface area contributed by atoms with Gasteiger partial charge in [-0.25, -0.2) is 4.79 Å². The topological polar surface area (TPSA) is 62.2 Å². The Bertz CT molecular complexity index is 970. The van der Waals surface area contributed by atoms with E-state index < -0.39 is 35.7 Å². The maximum atomic E-state index is 12.7. The van der Waals surface area contributed by atoms with Crippen LogP contribution >= 0.6 is 0 Å². The van der Waals surface area contributed by atoms with Crippen molar-refractivity contribution >= 4 is 6.03 Å². The van der Waals surface area contributed by atoms with Crippen LogP contribution in [-0.4, -0.2) is 59.8 Å². The molecular formula is C25H28F6N2O4. The number of hydrogen-bond donors (Lipinski definition) is 1. The zero-order chi connectivity index (χ0) is 27.4. The quantitative estimate of drug-likeness (QED) is 0.450. The summed E-state index contributed by atoms with van der Waals surface area (Å²) in [7, 11) is 0. The van der Waals surface area contributed by atoms with E-state index in [9.17, 15) is 36.2 Å². The summed E-state index contributed by atoms with van der Waals surface area (Å²) >= 11 is 0. The molecule has 3 rings (SSSR count). The first-order valence-corrected chi connectivity index (χ1v) is 11.8. The molecule has 37 heavy (non-hydrogen) atoms. The summed E-state index contributed by atoms with van der Waals surface area (Å²) in [5.41, 5.74) is -1.29. The van der Waals surface area contributed by atoms with Crippen LogP contribution in [0.5, 0.6) is 11.5 Å². The Hall–Kier alpha value is -3.15. The van der Waals surface area contributed by atoms with Crippen LogP contribution in [0.4, 0.5) is 31.1 Å². The fourth-order valence-corrected chi connectivity index (χ4v) is 4.64. The van der Waals surface area contributed by atoms with E-state index in [0.717, 1.165) is 24.3 Å². The molecule has 2 aromatic rings. The zero-order valence-corrected chi connectivity index (χ0v) is 20.3. The Morgan fingerprint density at radius 1 is 0.838 bits per heavy atom. The van der Waals surface area contributed by atoms with Gasteiger partial charge in [0, 0.05) is 26.2 Å². The second-order valence-corrected chi connectivity index (χ2v) is 8.63. The molecule has 0 aliphatic carbocycles. The molecule has 2 aromatic carbocycles. The summed E-state index contributed by atoms with van der Waals surface area (Å²) in [6.45, 7) is 5.46. The first-order chi connectivity index (χ1) is 17.3. The molecule has 0 spiro atoms. The molecule has 1 aliphatic rings. The summed E-state index contributed by atoms with van der Waals surface area (Å²) in [6, 6.07) is 9.27. The molecule has 1 saturated heterocycles. The van der Waals surface area contributed by atoms with E-state index in [2.05, 4.69) is 9.47 Å². The Morgan fingerprint density at radius 3 is 1.54 bits per heavy atom. The van der Waals surface area contributed by atoms with E-state index in [4.69, 9.17) is 0 Å². The number of likely N-dealkylation sites (tertiary alicyclic amines) is 1. The normalized spacial score (nSPS) is 15.4. The number of alkyl halides is 6. The maximum absolute atomic E-state index is 12.7. The first kappa shape index (κ1) is 28.4. The van der Waals surface area contributed by atoms with Gasteiger partial charge in [0.2, 0.25) is 0 Å². The molecule has 0 aromatic heterocycles. The number of carbonyl (C=O) groups is 1. The molecule has 1 N–H and O–H groups in total. The minimum atomic E-state index is -4.89. The van der Waals surface area contributed by atoms with Crippen molar-refractivity contribution in [3.63, 3.8) is 0 Å². The number of carbonyl (C=O) groups excluding carboxylic acids is 1. The van der Waals surface area contributed by atoms with Crippen LogP contribution in [0.1, 0.15) is 37.8 Å². The number of benzene rings is 2. The molecule has 0 bridgehead atoms. The van der Waals surface area contributed by atoms with Crippen molar-refractivity contribution in [2.75, 3.05) is 26.2 Å². The Morgan fingerprint density at radius 2 is 1.22 bits per heavy atom. The van der Waals surface area contributed by atoms with Gasteiger partial charge in [-0.1, -0.05) is 24.3 Å². The van der Waals surface area contributed by atoms with Crippen LogP contribution in [0.3, 0.4) is 0 Å². The SMILES string of the molecule is CCN(CC)C(=O)N1CCC(C(O)(c2ccc(OC(F)(F)F)cc2)c2ccc(OC(F)(F)F)cc2)CC1. The molecule has 1 fully saturated rings. The molecule has 6 nitrogen and oxygen atoms in total. The van der Waals surface area contributed by atoms with Gasteiger partial charge in [0.1, 0.15) is 17.1 Å². The summed E-state index contributed by atoms with van der Waals surface area (Å²) in [5, 5.41) is 12.0. The lowest BCUT2D eigenvalue weighted by atomic mass is 9.72. The number of piperidine rings is 1. The summed E-state index contributed by atoms with van der Waals surface area (Å²) in [5.74, 6) is -1.45. The van der Waals surface area contributed by atoms with Crippen molar-refractivity contribution in [1.29, 1.82) is 0 Å². The third kappa shape index (κ3) is 7.00. The minimum Gasteiger partial charge on any atom is -0.406 e. The van der Waals surface area contributed by atoms with Gasteiger partial charge in [0.15, 0.2) is 0 Å². The number of aliphatic hydroxyl groups is 1. The number of halogens is 6. The van der Waals surface area contributed by atoms with Crippen molar-refractivity contribution in [3.8, 4) is 11.5 Å². The van der Waals surface area contributed by atoms with Gasteiger partial charge in [-0.15, -0.1) is 26.3 Å². The van der Waals surface area contributed by atoms with E-state index in [-0.39, 0.29) is 17.2 Å². The first-order valence-electron chi connectivity index (χ1n) is 11.8. The van der Waals surface area contributed by atoms with Gasteiger partial charge in [0.25, 0.3) is 0 Å². The summed E-state index contributed by atoms with van der Waals surface area (Å²) < 4.78 is 83.4. The van der Waals surface area contributed by atoms with Crippen LogP contribution in [0.2, 0.25) is 0 Å². The van der Waals surface area contributed by atoms with Crippen LogP contribution in [-0.2, 0) is 5.60 Å². The number of rotatable bonds is 7. The highest BCUT2D eigenvalue weighted by Gasteiger charge is 2.43. The molecule has 204 valence electrons. The lowest BCUT2D eigenvalue weighted by Gasteiger charge is -2.43. The van der Waals surface area contributed by atoms with Gasteiger partial charge < -0.3 is 24.4 Å². The summed E-state index contributed by atoms with van der Waals surface area (Å²) in [4.78, 5) is 16.1. The molecular weight excluding hydrogens is 506 g/mol. The highest BCUT2D eigenvalue weighted by atomic mass is 19.4. The molecule has 12 heteroatoms. The lowest BCUT2D eigenvalue weighted by molar-refractivity contribution is -0.275. The summed E-state index contributed by atoms with van der Waals surface area (Å²) in [6.07, 6.45) is -9.08. The second kappa shape index (κ2) is 11.1. The van der Waals surface area contributed by atoms with Crippen molar-refractivity contribution in [1.82, 2.24) is 9.80 Å². The largest absolute Gasteiger partial charge is 0.573 e. The van der Waals surface area contributed by atoms with E-state index in [1.807, 2.05) is 13.8 Å². The van der Waals surface area contributed by atoms with Crippen molar-refractivity contribution in [2.45, 2.75) is 45.0 Å². The van der Waals surface area contributed by atoms with Gasteiger partial charge in [0.05, 0.1) is 0 Å². The van der Waals surface area contributed by atoms with Crippen LogP contribution < -0.4 is 9.47 Å². The monoisotopic (exact) mass is 534 g/mol. The third-order valence-electron chi connectivity index (χ3n) is 6.45. The van der Waals surface area contributed by atoms with Gasteiger partial charge in [-0.3, -0.25) is 0 Å². The van der Waals surface area contributed by atoms with E-state index in [0.29, 0.717) is 39.0 Å². The Balaban J connectivity index is 1.92. The van der Waals surface area contributed by atoms with Crippen molar-refractivity contribution < 1.29 is 45.7 Å². The average molecular weight is 534 g/mol. The van der Waals surface area contributed by atoms with Crippen molar-refractivity contribution in [2.24, 2.45) is 5.92 Å². The lowest BCUT2D eigenvalue weighted by Crippen LogP contribution is -2.50. The van der Waals surface area contributed by atoms with E-state index in [1.54, 1.807) is 9.80 Å². The van der Waals surface area contributed by atoms with E-state index >= 15 is 0 Å². The standard InChI is InChI=1S/C25H28F6N2O4/c1-3-32(4-2)22(34)33-15-13-19(14-16-33)23(35,17-5-9-20(10-6-17)36-24(26,27)28)18-7-11-21(12-8-18)37-25(29,30)31/h5-12,19,35H,3-4,13-16H2,1-2H3. The Labute approximate surface area is 210 Å². The fraction of sp³-hybridized carbons (Fsp3) is 0.480. The number of hydrogen-bond acceptors (Lipinski definition) is 4. The number of nitrogens with zero attached hydrogens (tertiary/aromatic N) is 2. The number of amides is 2. The molecule has 0 radical (unpaired) electrons.